The number of nitrogens with one attached hydrogen (secondary N) is 1. The van der Waals surface area contributed by atoms with Gasteiger partial charge in [0, 0.05) is 48.4 Å². The lowest BCUT2D eigenvalue weighted by Crippen LogP contribution is -2.22. The van der Waals surface area contributed by atoms with Crippen LogP contribution in [0.1, 0.15) is 15.9 Å². The van der Waals surface area contributed by atoms with E-state index in [9.17, 15) is 20.0 Å². The number of nitrogens with zero attached hydrogens (tertiary/aromatic N) is 2. The number of carbonyl (C=O) groups excluding carboxylic acids is 1. The van der Waals surface area contributed by atoms with E-state index in [1.54, 1.807) is 6.20 Å². The number of hydrogen-bond donors (Lipinski definition) is 2. The topological polar surface area (TPSA) is 97.4 Å². The van der Waals surface area contributed by atoms with Crippen molar-refractivity contribution in [3.05, 3.63) is 69.9 Å². The van der Waals surface area contributed by atoms with E-state index in [1.165, 1.54) is 18.2 Å². The van der Waals surface area contributed by atoms with Crippen LogP contribution in [0.2, 0.25) is 0 Å². The fourth-order valence-electron chi connectivity index (χ4n) is 2.62. The van der Waals surface area contributed by atoms with Crippen LogP contribution in [0.4, 0.5) is 5.69 Å². The van der Waals surface area contributed by atoms with E-state index in [1.807, 2.05) is 35.9 Å². The molecule has 122 valence electrons. The maximum absolute atomic E-state index is 12.4. The first-order valence-electron chi connectivity index (χ1n) is 7.26. The quantitative estimate of drug-likeness (QED) is 0.569. The summed E-state index contributed by atoms with van der Waals surface area (Å²) in [6, 6.07) is 11.2. The molecule has 2 N–H and O–H groups in total. The van der Waals surface area contributed by atoms with Crippen LogP contribution in [0.5, 0.6) is 5.75 Å². The second kappa shape index (κ2) is 6.04. The number of hydrogen-bond acceptors (Lipinski definition) is 4. The third-order valence-corrected chi connectivity index (χ3v) is 3.85. The highest BCUT2D eigenvalue weighted by Crippen LogP contribution is 2.24. The number of amides is 1. The number of nitro groups is 1. The second-order valence-corrected chi connectivity index (χ2v) is 5.42. The summed E-state index contributed by atoms with van der Waals surface area (Å²) in [5.41, 5.74) is 1.60. The number of phenolic OH excluding ortho intramolecular Hbond substituents is 1. The van der Waals surface area contributed by atoms with E-state index in [0.717, 1.165) is 10.9 Å². The molecule has 0 atom stereocenters. The number of fused-ring (bicyclic) bond motifs is 1. The minimum atomic E-state index is -0.546. The molecule has 1 amide bonds. The summed E-state index contributed by atoms with van der Waals surface area (Å²) < 4.78 is 1.86. The number of para-hydroxylation sites is 1. The molecule has 3 aromatic rings. The molecule has 1 heterocycles. The molecule has 0 saturated carbocycles. The zero-order valence-corrected chi connectivity index (χ0v) is 12.9. The molecule has 0 bridgehead atoms. The smallest absolute Gasteiger partial charge is 0.270 e. The first-order valence-corrected chi connectivity index (χ1v) is 7.26. The van der Waals surface area contributed by atoms with Crippen molar-refractivity contribution in [3.8, 4) is 5.75 Å². The summed E-state index contributed by atoms with van der Waals surface area (Å²) >= 11 is 0. The number of phenols is 1. The van der Waals surface area contributed by atoms with Gasteiger partial charge in [-0.15, -0.1) is 0 Å². The number of nitro benzene ring substituents is 1. The van der Waals surface area contributed by atoms with Gasteiger partial charge >= 0.3 is 0 Å². The highest BCUT2D eigenvalue weighted by Gasteiger charge is 2.15. The number of non-ortho nitro benzene ring substituents is 1. The molecule has 0 aliphatic carbocycles. The molecule has 0 saturated heterocycles. The molecule has 0 spiro atoms. The number of carbonyl (C=O) groups is 1. The summed E-state index contributed by atoms with van der Waals surface area (Å²) in [6.07, 6.45) is 1.73. The SMILES string of the molecule is Cn1cc(C(=O)NCc2cc([N+](=O)[O-])ccc2O)c2ccccc21. The van der Waals surface area contributed by atoms with Crippen LogP contribution in [0.15, 0.2) is 48.7 Å². The molecule has 0 radical (unpaired) electrons. The molecular formula is C17H15N3O4. The minimum Gasteiger partial charge on any atom is -0.508 e. The monoisotopic (exact) mass is 325 g/mol. The molecule has 2 aromatic carbocycles. The van der Waals surface area contributed by atoms with Gasteiger partial charge in [-0.3, -0.25) is 14.9 Å². The van der Waals surface area contributed by atoms with E-state index in [0.29, 0.717) is 5.56 Å². The average Bonchev–Trinajstić information content (AvgIpc) is 2.91. The van der Waals surface area contributed by atoms with Crippen molar-refractivity contribution in [1.82, 2.24) is 9.88 Å². The Balaban J connectivity index is 1.83. The number of rotatable bonds is 4. The summed E-state index contributed by atoms with van der Waals surface area (Å²) in [5, 5.41) is 24.1. The van der Waals surface area contributed by atoms with E-state index in [-0.39, 0.29) is 29.5 Å². The van der Waals surface area contributed by atoms with Gasteiger partial charge < -0.3 is 15.0 Å². The Kier molecular flexibility index (Phi) is 3.91. The highest BCUT2D eigenvalue weighted by atomic mass is 16.6. The van der Waals surface area contributed by atoms with Crippen molar-refractivity contribution in [3.63, 3.8) is 0 Å². The Morgan fingerprint density at radius 1 is 1.29 bits per heavy atom. The van der Waals surface area contributed by atoms with Gasteiger partial charge in [0.2, 0.25) is 0 Å². The molecule has 3 rings (SSSR count). The molecule has 7 heteroatoms. The van der Waals surface area contributed by atoms with Crippen molar-refractivity contribution in [1.29, 1.82) is 0 Å². The van der Waals surface area contributed by atoms with Gasteiger partial charge in [0.15, 0.2) is 0 Å². The van der Waals surface area contributed by atoms with Crippen molar-refractivity contribution >= 4 is 22.5 Å². The normalized spacial score (nSPS) is 10.7. The van der Waals surface area contributed by atoms with E-state index in [4.69, 9.17) is 0 Å². The largest absolute Gasteiger partial charge is 0.508 e. The lowest BCUT2D eigenvalue weighted by molar-refractivity contribution is -0.384. The van der Waals surface area contributed by atoms with Crippen molar-refractivity contribution in [2.75, 3.05) is 0 Å². The summed E-state index contributed by atoms with van der Waals surface area (Å²) in [5.74, 6) is -0.406. The van der Waals surface area contributed by atoms with Crippen LogP contribution in [0.25, 0.3) is 10.9 Å². The van der Waals surface area contributed by atoms with E-state index in [2.05, 4.69) is 5.32 Å². The van der Waals surface area contributed by atoms with Crippen LogP contribution >= 0.6 is 0 Å². The standard InChI is InChI=1S/C17H15N3O4/c1-19-10-14(13-4-2-3-5-15(13)19)17(22)18-9-11-8-12(20(23)24)6-7-16(11)21/h2-8,10,21H,9H2,1H3,(H,18,22). The number of aromatic nitrogens is 1. The van der Waals surface area contributed by atoms with Crippen LogP contribution in [0.3, 0.4) is 0 Å². The molecule has 7 nitrogen and oxygen atoms in total. The Morgan fingerprint density at radius 3 is 2.79 bits per heavy atom. The predicted molar refractivity (Wildman–Crippen MR) is 88.9 cm³/mol. The fourth-order valence-corrected chi connectivity index (χ4v) is 2.62. The molecule has 24 heavy (non-hydrogen) atoms. The van der Waals surface area contributed by atoms with Gasteiger partial charge in [-0.1, -0.05) is 18.2 Å². The summed E-state index contributed by atoms with van der Waals surface area (Å²) in [4.78, 5) is 22.7. The Bertz CT molecular complexity index is 946. The molecule has 1 aromatic heterocycles. The van der Waals surface area contributed by atoms with Crippen molar-refractivity contribution in [2.45, 2.75) is 6.54 Å². The average molecular weight is 325 g/mol. The van der Waals surface area contributed by atoms with Crippen LogP contribution in [-0.2, 0) is 13.6 Å². The lowest BCUT2D eigenvalue weighted by atomic mass is 10.1. The summed E-state index contributed by atoms with van der Waals surface area (Å²) in [7, 11) is 1.85. The first-order chi connectivity index (χ1) is 11.5. The zero-order chi connectivity index (χ0) is 17.3. The third kappa shape index (κ3) is 2.79. The van der Waals surface area contributed by atoms with Crippen molar-refractivity contribution in [2.24, 2.45) is 7.05 Å². The molecule has 0 fully saturated rings. The summed E-state index contributed by atoms with van der Waals surface area (Å²) in [6.45, 7) is -0.00440. The van der Waals surface area contributed by atoms with Gasteiger partial charge in [-0.25, -0.2) is 0 Å². The number of aryl methyl sites for hydroxylation is 1. The van der Waals surface area contributed by atoms with Crippen LogP contribution in [0, 0.1) is 10.1 Å². The van der Waals surface area contributed by atoms with Gasteiger partial charge in [-0.2, -0.15) is 0 Å². The molecule has 0 aliphatic rings. The maximum atomic E-state index is 12.4. The van der Waals surface area contributed by atoms with Crippen LogP contribution in [-0.4, -0.2) is 20.5 Å². The lowest BCUT2D eigenvalue weighted by Gasteiger charge is -2.06. The molecule has 0 aliphatic heterocycles. The minimum absolute atomic E-state index is 0.00440. The van der Waals surface area contributed by atoms with Gasteiger partial charge in [0.05, 0.1) is 10.5 Å². The van der Waals surface area contributed by atoms with Crippen molar-refractivity contribution < 1.29 is 14.8 Å². The molecular weight excluding hydrogens is 310 g/mol. The predicted octanol–water partition coefficient (Wildman–Crippen LogP) is 2.72. The zero-order valence-electron chi connectivity index (χ0n) is 12.9. The second-order valence-electron chi connectivity index (χ2n) is 5.42. The third-order valence-electron chi connectivity index (χ3n) is 3.85. The first kappa shape index (κ1) is 15.5. The number of aromatic hydroxyl groups is 1. The Morgan fingerprint density at radius 2 is 2.04 bits per heavy atom. The molecule has 0 unspecified atom stereocenters. The Hall–Kier alpha value is -3.35. The maximum Gasteiger partial charge on any atom is 0.270 e. The van der Waals surface area contributed by atoms with Gasteiger partial charge in [0.25, 0.3) is 11.6 Å². The Labute approximate surface area is 137 Å². The van der Waals surface area contributed by atoms with E-state index < -0.39 is 4.92 Å². The van der Waals surface area contributed by atoms with Crippen LogP contribution < -0.4 is 5.32 Å². The fraction of sp³-hybridized carbons (Fsp3) is 0.118. The van der Waals surface area contributed by atoms with Gasteiger partial charge in [-0.05, 0) is 12.1 Å². The number of benzene rings is 2. The van der Waals surface area contributed by atoms with E-state index >= 15 is 0 Å². The highest BCUT2D eigenvalue weighted by molar-refractivity contribution is 6.06. The van der Waals surface area contributed by atoms with Gasteiger partial charge in [0.1, 0.15) is 5.75 Å².